The van der Waals surface area contributed by atoms with Gasteiger partial charge in [-0.3, -0.25) is 9.48 Å². The standard InChI is InChI=1S/C13H14ClN3O/c1-10-4-2-3-5-11(10)8-17-9-12(7-15-17)16-13(18)6-14/h2-5,7,9H,6,8H2,1H3,(H,16,18). The summed E-state index contributed by atoms with van der Waals surface area (Å²) in [6.45, 7) is 2.75. The largest absolute Gasteiger partial charge is 0.322 e. The molecule has 18 heavy (non-hydrogen) atoms. The lowest BCUT2D eigenvalue weighted by atomic mass is 10.1. The number of anilines is 1. The topological polar surface area (TPSA) is 46.9 Å². The fourth-order valence-electron chi connectivity index (χ4n) is 1.67. The minimum Gasteiger partial charge on any atom is -0.322 e. The van der Waals surface area contributed by atoms with Crippen LogP contribution in [0.25, 0.3) is 0 Å². The number of nitrogens with zero attached hydrogens (tertiary/aromatic N) is 2. The highest BCUT2D eigenvalue weighted by Crippen LogP contribution is 2.11. The number of aromatic nitrogens is 2. The predicted octanol–water partition coefficient (Wildman–Crippen LogP) is 2.42. The van der Waals surface area contributed by atoms with Crippen molar-refractivity contribution >= 4 is 23.2 Å². The van der Waals surface area contributed by atoms with E-state index in [4.69, 9.17) is 11.6 Å². The maximum atomic E-state index is 11.1. The molecule has 0 saturated heterocycles. The zero-order chi connectivity index (χ0) is 13.0. The first-order chi connectivity index (χ1) is 8.69. The molecule has 0 aliphatic heterocycles. The Morgan fingerprint density at radius 1 is 1.44 bits per heavy atom. The summed E-state index contributed by atoms with van der Waals surface area (Å²) >= 11 is 5.42. The van der Waals surface area contributed by atoms with Gasteiger partial charge in [0, 0.05) is 6.20 Å². The lowest BCUT2D eigenvalue weighted by Crippen LogP contribution is -2.11. The molecule has 0 bridgehead atoms. The fraction of sp³-hybridized carbons (Fsp3) is 0.231. The molecule has 2 rings (SSSR count). The van der Waals surface area contributed by atoms with E-state index in [-0.39, 0.29) is 11.8 Å². The van der Waals surface area contributed by atoms with Gasteiger partial charge in [-0.15, -0.1) is 11.6 Å². The quantitative estimate of drug-likeness (QED) is 0.861. The first-order valence-electron chi connectivity index (χ1n) is 5.62. The Bertz CT molecular complexity index is 551. The van der Waals surface area contributed by atoms with E-state index >= 15 is 0 Å². The van der Waals surface area contributed by atoms with Gasteiger partial charge in [-0.2, -0.15) is 5.10 Å². The monoisotopic (exact) mass is 263 g/mol. The molecule has 0 fully saturated rings. The molecule has 0 radical (unpaired) electrons. The number of amides is 1. The van der Waals surface area contributed by atoms with E-state index in [9.17, 15) is 4.79 Å². The van der Waals surface area contributed by atoms with Gasteiger partial charge in [0.05, 0.1) is 18.4 Å². The molecule has 5 heteroatoms. The predicted molar refractivity (Wildman–Crippen MR) is 71.9 cm³/mol. The molecule has 0 saturated carbocycles. The summed E-state index contributed by atoms with van der Waals surface area (Å²) in [6.07, 6.45) is 3.40. The zero-order valence-electron chi connectivity index (χ0n) is 10.1. The SMILES string of the molecule is Cc1ccccc1Cn1cc(NC(=O)CCl)cn1. The van der Waals surface area contributed by atoms with Crippen LogP contribution in [-0.2, 0) is 11.3 Å². The van der Waals surface area contributed by atoms with Gasteiger partial charge in [0.2, 0.25) is 5.91 Å². The molecular weight excluding hydrogens is 250 g/mol. The molecule has 0 aliphatic rings. The van der Waals surface area contributed by atoms with E-state index in [1.54, 1.807) is 17.1 Å². The lowest BCUT2D eigenvalue weighted by molar-refractivity contribution is -0.113. The number of hydrogen-bond acceptors (Lipinski definition) is 2. The fourth-order valence-corrected chi connectivity index (χ4v) is 1.74. The molecule has 1 amide bonds. The van der Waals surface area contributed by atoms with Crippen molar-refractivity contribution in [3.8, 4) is 0 Å². The maximum Gasteiger partial charge on any atom is 0.239 e. The van der Waals surface area contributed by atoms with Crippen LogP contribution in [0.5, 0.6) is 0 Å². The summed E-state index contributed by atoms with van der Waals surface area (Å²) in [4.78, 5) is 11.1. The number of rotatable bonds is 4. The second-order valence-electron chi connectivity index (χ2n) is 4.03. The number of aryl methyl sites for hydroxylation is 1. The van der Waals surface area contributed by atoms with Crippen LogP contribution in [0, 0.1) is 6.92 Å². The highest BCUT2D eigenvalue weighted by atomic mass is 35.5. The van der Waals surface area contributed by atoms with Gasteiger partial charge in [0.1, 0.15) is 5.88 Å². The highest BCUT2D eigenvalue weighted by molar-refractivity contribution is 6.29. The second kappa shape index (κ2) is 5.69. The number of alkyl halides is 1. The van der Waals surface area contributed by atoms with Crippen LogP contribution < -0.4 is 5.32 Å². The van der Waals surface area contributed by atoms with Crippen LogP contribution in [0.3, 0.4) is 0 Å². The molecule has 1 aromatic carbocycles. The lowest BCUT2D eigenvalue weighted by Gasteiger charge is -2.05. The van der Waals surface area contributed by atoms with E-state index in [1.807, 2.05) is 12.1 Å². The number of carbonyl (C=O) groups excluding carboxylic acids is 1. The molecule has 0 unspecified atom stereocenters. The third-order valence-corrected chi connectivity index (χ3v) is 2.87. The van der Waals surface area contributed by atoms with Crippen molar-refractivity contribution in [1.29, 1.82) is 0 Å². The first-order valence-corrected chi connectivity index (χ1v) is 6.15. The van der Waals surface area contributed by atoms with Crippen molar-refractivity contribution < 1.29 is 4.79 Å². The Morgan fingerprint density at radius 3 is 2.94 bits per heavy atom. The van der Waals surface area contributed by atoms with Crippen LogP contribution >= 0.6 is 11.6 Å². The summed E-state index contributed by atoms with van der Waals surface area (Å²) in [7, 11) is 0. The average molecular weight is 264 g/mol. The van der Waals surface area contributed by atoms with E-state index in [2.05, 4.69) is 29.5 Å². The third kappa shape index (κ3) is 3.11. The molecule has 2 aromatic rings. The van der Waals surface area contributed by atoms with E-state index in [0.717, 1.165) is 0 Å². The van der Waals surface area contributed by atoms with Gasteiger partial charge >= 0.3 is 0 Å². The van der Waals surface area contributed by atoms with Crippen molar-refractivity contribution in [3.05, 3.63) is 47.8 Å². The molecule has 1 N–H and O–H groups in total. The first kappa shape index (κ1) is 12.6. The summed E-state index contributed by atoms with van der Waals surface area (Å²) in [6, 6.07) is 8.14. The molecule has 0 spiro atoms. The zero-order valence-corrected chi connectivity index (χ0v) is 10.8. The Hall–Kier alpha value is -1.81. The maximum absolute atomic E-state index is 11.1. The van der Waals surface area contributed by atoms with Gasteiger partial charge in [0.25, 0.3) is 0 Å². The van der Waals surface area contributed by atoms with Crippen molar-refractivity contribution in [2.75, 3.05) is 11.2 Å². The van der Waals surface area contributed by atoms with Crippen LogP contribution in [0.1, 0.15) is 11.1 Å². The Morgan fingerprint density at radius 2 is 2.22 bits per heavy atom. The minimum absolute atomic E-state index is 0.0526. The third-order valence-electron chi connectivity index (χ3n) is 2.63. The van der Waals surface area contributed by atoms with Crippen LogP contribution in [0.4, 0.5) is 5.69 Å². The molecule has 1 heterocycles. The normalized spacial score (nSPS) is 10.3. The second-order valence-corrected chi connectivity index (χ2v) is 4.30. The molecule has 1 aromatic heterocycles. The summed E-state index contributed by atoms with van der Waals surface area (Å²) in [5, 5.41) is 6.86. The Balaban J connectivity index is 2.07. The molecule has 4 nitrogen and oxygen atoms in total. The van der Waals surface area contributed by atoms with Crippen molar-refractivity contribution in [2.45, 2.75) is 13.5 Å². The summed E-state index contributed by atoms with van der Waals surface area (Å²) in [5.41, 5.74) is 3.09. The average Bonchev–Trinajstić information content (AvgIpc) is 2.79. The van der Waals surface area contributed by atoms with Crippen LogP contribution in [0.15, 0.2) is 36.7 Å². The summed E-state index contributed by atoms with van der Waals surface area (Å²) in [5.74, 6) is -0.282. The van der Waals surface area contributed by atoms with Gasteiger partial charge in [0.15, 0.2) is 0 Å². The van der Waals surface area contributed by atoms with Crippen molar-refractivity contribution in [2.24, 2.45) is 0 Å². The van der Waals surface area contributed by atoms with Gasteiger partial charge in [-0.25, -0.2) is 0 Å². The number of nitrogens with one attached hydrogen (secondary N) is 1. The van der Waals surface area contributed by atoms with E-state index in [1.165, 1.54) is 11.1 Å². The van der Waals surface area contributed by atoms with Gasteiger partial charge in [-0.05, 0) is 18.1 Å². The number of hydrogen-bond donors (Lipinski definition) is 1. The number of carbonyl (C=O) groups is 1. The van der Waals surface area contributed by atoms with Crippen molar-refractivity contribution in [3.63, 3.8) is 0 Å². The Labute approximate surface area is 111 Å². The highest BCUT2D eigenvalue weighted by Gasteiger charge is 2.04. The number of halogens is 1. The minimum atomic E-state index is -0.230. The molecular formula is C13H14ClN3O. The Kier molecular flexibility index (Phi) is 3.99. The molecule has 0 atom stereocenters. The van der Waals surface area contributed by atoms with Gasteiger partial charge in [-0.1, -0.05) is 24.3 Å². The number of benzene rings is 1. The van der Waals surface area contributed by atoms with Gasteiger partial charge < -0.3 is 5.32 Å². The van der Waals surface area contributed by atoms with Crippen molar-refractivity contribution in [1.82, 2.24) is 9.78 Å². The summed E-state index contributed by atoms with van der Waals surface area (Å²) < 4.78 is 1.78. The van der Waals surface area contributed by atoms with Crippen LogP contribution in [0.2, 0.25) is 0 Å². The smallest absolute Gasteiger partial charge is 0.239 e. The van der Waals surface area contributed by atoms with E-state index < -0.39 is 0 Å². The molecule has 0 aliphatic carbocycles. The van der Waals surface area contributed by atoms with Crippen LogP contribution in [-0.4, -0.2) is 21.6 Å². The molecule has 94 valence electrons. The van der Waals surface area contributed by atoms with E-state index in [0.29, 0.717) is 12.2 Å².